The molecule has 1 atom stereocenters. The summed E-state index contributed by atoms with van der Waals surface area (Å²) < 4.78 is 0. The first-order chi connectivity index (χ1) is 19.7. The van der Waals surface area contributed by atoms with E-state index in [4.69, 9.17) is 0 Å². The highest BCUT2D eigenvalue weighted by atomic mass is 14.5. The normalized spacial score (nSPS) is 15.6. The Bertz CT molecular complexity index is 1630. The molecule has 0 N–H and O–H groups in total. The largest absolute Gasteiger partial charge is 0.0751 e. The molecule has 40 heavy (non-hydrogen) atoms. The van der Waals surface area contributed by atoms with E-state index in [0.717, 1.165) is 12.8 Å². The SMILES string of the molecule is CCc1ccc2c(c1)C(C(c1ccccc1)(c1ccccc1)C1C=Cc3cccc(C)c31)c1cc(CC)ccc1-2. The molecule has 0 saturated carbocycles. The molecule has 0 aliphatic heterocycles. The van der Waals surface area contributed by atoms with Crippen molar-refractivity contribution in [3.05, 3.63) is 171 Å². The first-order valence-electron chi connectivity index (χ1n) is 14.8. The lowest BCUT2D eigenvalue weighted by Crippen LogP contribution is -2.40. The third-order valence-electron chi connectivity index (χ3n) is 9.55. The molecule has 0 spiro atoms. The van der Waals surface area contributed by atoms with Gasteiger partial charge < -0.3 is 0 Å². The molecule has 2 aliphatic carbocycles. The van der Waals surface area contributed by atoms with Crippen molar-refractivity contribution in [3.63, 3.8) is 0 Å². The van der Waals surface area contributed by atoms with Gasteiger partial charge in [0.15, 0.2) is 0 Å². The van der Waals surface area contributed by atoms with Crippen molar-refractivity contribution in [3.8, 4) is 11.1 Å². The van der Waals surface area contributed by atoms with E-state index in [-0.39, 0.29) is 17.3 Å². The molecule has 5 aromatic rings. The topological polar surface area (TPSA) is 0 Å². The van der Waals surface area contributed by atoms with Crippen molar-refractivity contribution in [2.75, 3.05) is 0 Å². The third-order valence-corrected chi connectivity index (χ3v) is 9.55. The van der Waals surface area contributed by atoms with E-state index in [2.05, 4.69) is 148 Å². The number of aryl methyl sites for hydroxylation is 3. The highest BCUT2D eigenvalue weighted by Gasteiger charge is 2.53. The molecule has 0 radical (unpaired) electrons. The number of benzene rings is 5. The van der Waals surface area contributed by atoms with Crippen molar-refractivity contribution in [2.24, 2.45) is 0 Å². The molecular formula is C40H36. The number of rotatable bonds is 6. The molecular weight excluding hydrogens is 480 g/mol. The molecule has 0 aromatic heterocycles. The van der Waals surface area contributed by atoms with Gasteiger partial charge in [0.1, 0.15) is 0 Å². The van der Waals surface area contributed by atoms with Crippen molar-refractivity contribution >= 4 is 6.08 Å². The van der Waals surface area contributed by atoms with E-state index < -0.39 is 0 Å². The van der Waals surface area contributed by atoms with Gasteiger partial charge in [0.05, 0.1) is 0 Å². The van der Waals surface area contributed by atoms with Crippen LogP contribution < -0.4 is 0 Å². The van der Waals surface area contributed by atoms with Gasteiger partial charge in [-0.05, 0) is 81.0 Å². The van der Waals surface area contributed by atoms with Gasteiger partial charge in [-0.15, -0.1) is 0 Å². The minimum absolute atomic E-state index is 0.167. The molecule has 0 heteroatoms. The standard InChI is InChI=1S/C40H36/c1-4-28-19-22-33-34-23-20-29(5-2)26-36(34)39(35(33)25-28)40(31-15-8-6-9-16-31,32-17-10-7-11-18-32)37-24-21-30-14-12-13-27(3)38(30)37/h6-26,37,39H,4-5H2,1-3H3. The second kappa shape index (κ2) is 9.79. The average Bonchev–Trinajstić information content (AvgIpc) is 3.59. The Labute approximate surface area is 239 Å². The van der Waals surface area contributed by atoms with Crippen LogP contribution in [0.2, 0.25) is 0 Å². The number of fused-ring (bicyclic) bond motifs is 4. The van der Waals surface area contributed by atoms with Crippen LogP contribution in [0.1, 0.15) is 75.8 Å². The Morgan fingerprint density at radius 3 is 1.68 bits per heavy atom. The molecule has 0 fully saturated rings. The third kappa shape index (κ3) is 3.59. The van der Waals surface area contributed by atoms with Crippen LogP contribution in [0.4, 0.5) is 0 Å². The smallest absolute Gasteiger partial charge is 0.0415 e. The van der Waals surface area contributed by atoms with E-state index in [1.165, 1.54) is 61.2 Å². The fraction of sp³-hybridized carbons (Fsp3) is 0.200. The Kier molecular flexibility index (Phi) is 6.08. The summed E-state index contributed by atoms with van der Waals surface area (Å²) in [4.78, 5) is 0. The number of hydrogen-bond donors (Lipinski definition) is 0. The highest BCUT2D eigenvalue weighted by molar-refractivity contribution is 5.82. The first kappa shape index (κ1) is 24.9. The second-order valence-corrected chi connectivity index (χ2v) is 11.5. The van der Waals surface area contributed by atoms with E-state index in [1.54, 1.807) is 0 Å². The van der Waals surface area contributed by atoms with Crippen LogP contribution in [-0.4, -0.2) is 0 Å². The van der Waals surface area contributed by atoms with E-state index in [9.17, 15) is 0 Å². The maximum absolute atomic E-state index is 2.52. The number of hydrogen-bond acceptors (Lipinski definition) is 0. The molecule has 1 unspecified atom stereocenters. The predicted octanol–water partition coefficient (Wildman–Crippen LogP) is 10.0. The zero-order chi connectivity index (χ0) is 27.3. The molecule has 5 aromatic carbocycles. The minimum atomic E-state index is -0.338. The van der Waals surface area contributed by atoms with Crippen molar-refractivity contribution in [2.45, 2.75) is 50.9 Å². The second-order valence-electron chi connectivity index (χ2n) is 11.5. The van der Waals surface area contributed by atoms with Crippen molar-refractivity contribution in [1.82, 2.24) is 0 Å². The van der Waals surface area contributed by atoms with Gasteiger partial charge >= 0.3 is 0 Å². The van der Waals surface area contributed by atoms with Crippen LogP contribution in [0.5, 0.6) is 0 Å². The highest BCUT2D eigenvalue weighted by Crippen LogP contribution is 2.63. The van der Waals surface area contributed by atoms with Crippen LogP contribution in [0.15, 0.2) is 121 Å². The lowest BCUT2D eigenvalue weighted by molar-refractivity contribution is 0.415. The Balaban J connectivity index is 1.65. The van der Waals surface area contributed by atoms with Gasteiger partial charge in [0, 0.05) is 17.3 Å². The molecule has 7 rings (SSSR count). The molecule has 0 heterocycles. The van der Waals surface area contributed by atoms with E-state index in [1.807, 2.05) is 0 Å². The molecule has 196 valence electrons. The van der Waals surface area contributed by atoms with Gasteiger partial charge in [0.25, 0.3) is 0 Å². The monoisotopic (exact) mass is 516 g/mol. The van der Waals surface area contributed by atoms with Crippen LogP contribution >= 0.6 is 0 Å². The minimum Gasteiger partial charge on any atom is -0.0751 e. The van der Waals surface area contributed by atoms with Crippen LogP contribution in [0.25, 0.3) is 17.2 Å². The lowest BCUT2D eigenvalue weighted by atomic mass is 9.55. The van der Waals surface area contributed by atoms with Crippen LogP contribution in [0, 0.1) is 6.92 Å². The summed E-state index contributed by atoms with van der Waals surface area (Å²) in [5.41, 5.74) is 15.1. The summed E-state index contributed by atoms with van der Waals surface area (Å²) in [5.74, 6) is 0.355. The zero-order valence-corrected chi connectivity index (χ0v) is 23.7. The van der Waals surface area contributed by atoms with Gasteiger partial charge in [-0.1, -0.05) is 141 Å². The summed E-state index contributed by atoms with van der Waals surface area (Å²) in [7, 11) is 0. The van der Waals surface area contributed by atoms with Crippen LogP contribution in [0.3, 0.4) is 0 Å². The first-order valence-corrected chi connectivity index (χ1v) is 14.8. The summed E-state index contributed by atoms with van der Waals surface area (Å²) in [6.07, 6.45) is 6.94. The molecule has 0 nitrogen and oxygen atoms in total. The zero-order valence-electron chi connectivity index (χ0n) is 23.7. The fourth-order valence-corrected chi connectivity index (χ4v) is 7.71. The molecule has 0 saturated heterocycles. The van der Waals surface area contributed by atoms with Gasteiger partial charge in [0.2, 0.25) is 0 Å². The van der Waals surface area contributed by atoms with Crippen LogP contribution in [-0.2, 0) is 18.3 Å². The quantitative estimate of drug-likeness (QED) is 0.211. The number of allylic oxidation sites excluding steroid dienone is 1. The Morgan fingerprint density at radius 1 is 0.600 bits per heavy atom. The maximum atomic E-state index is 2.52. The van der Waals surface area contributed by atoms with Crippen molar-refractivity contribution in [1.29, 1.82) is 0 Å². The van der Waals surface area contributed by atoms with E-state index in [0.29, 0.717) is 0 Å². The summed E-state index contributed by atoms with van der Waals surface area (Å²) >= 11 is 0. The fourth-order valence-electron chi connectivity index (χ4n) is 7.71. The van der Waals surface area contributed by atoms with E-state index >= 15 is 0 Å². The Morgan fingerprint density at radius 2 is 1.15 bits per heavy atom. The van der Waals surface area contributed by atoms with Crippen molar-refractivity contribution < 1.29 is 0 Å². The molecule has 2 aliphatic rings. The molecule has 0 amide bonds. The summed E-state index contributed by atoms with van der Waals surface area (Å²) in [5, 5.41) is 0. The maximum Gasteiger partial charge on any atom is 0.0415 e. The summed E-state index contributed by atoms with van der Waals surface area (Å²) in [6, 6.07) is 44.0. The molecule has 0 bridgehead atoms. The Hall–Kier alpha value is -4.16. The van der Waals surface area contributed by atoms with Gasteiger partial charge in [-0.2, -0.15) is 0 Å². The lowest BCUT2D eigenvalue weighted by Gasteiger charge is -2.46. The van der Waals surface area contributed by atoms with Gasteiger partial charge in [-0.25, -0.2) is 0 Å². The summed E-state index contributed by atoms with van der Waals surface area (Å²) in [6.45, 7) is 6.84. The van der Waals surface area contributed by atoms with Gasteiger partial charge in [-0.3, -0.25) is 0 Å². The average molecular weight is 517 g/mol. The predicted molar refractivity (Wildman–Crippen MR) is 169 cm³/mol.